The maximum absolute atomic E-state index is 13.9. The molecule has 3 nitrogen and oxygen atoms in total. The zero-order chi connectivity index (χ0) is 13.1. The second-order valence-electron chi connectivity index (χ2n) is 4.96. The Morgan fingerprint density at radius 2 is 2.00 bits per heavy atom. The maximum Gasteiger partial charge on any atom is 0.147 e. The van der Waals surface area contributed by atoms with Gasteiger partial charge in [0, 0.05) is 19.1 Å². The average Bonchev–Trinajstić information content (AvgIpc) is 2.38. The largest absolute Gasteiger partial charge is 0.369 e. The molecular formula is C14H18FN3. The summed E-state index contributed by atoms with van der Waals surface area (Å²) in [4.78, 5) is 1.97. The molecule has 0 aliphatic heterocycles. The van der Waals surface area contributed by atoms with Crippen LogP contribution in [0.3, 0.4) is 0 Å². The van der Waals surface area contributed by atoms with Crippen molar-refractivity contribution in [3.8, 4) is 6.07 Å². The van der Waals surface area contributed by atoms with Crippen molar-refractivity contribution in [1.29, 1.82) is 5.26 Å². The topological polar surface area (TPSA) is 53.0 Å². The van der Waals surface area contributed by atoms with Crippen LogP contribution < -0.4 is 10.6 Å². The van der Waals surface area contributed by atoms with Crippen LogP contribution in [0.2, 0.25) is 0 Å². The van der Waals surface area contributed by atoms with Gasteiger partial charge in [-0.2, -0.15) is 5.26 Å². The Hall–Kier alpha value is -1.60. The van der Waals surface area contributed by atoms with Crippen LogP contribution in [0.15, 0.2) is 18.2 Å². The van der Waals surface area contributed by atoms with Gasteiger partial charge in [0.1, 0.15) is 5.82 Å². The van der Waals surface area contributed by atoms with E-state index in [0.717, 1.165) is 25.7 Å². The molecule has 0 bridgehead atoms. The third kappa shape index (κ3) is 2.62. The summed E-state index contributed by atoms with van der Waals surface area (Å²) in [5.74, 6) is -0.327. The van der Waals surface area contributed by atoms with Crippen LogP contribution in [-0.2, 0) is 0 Å². The summed E-state index contributed by atoms with van der Waals surface area (Å²) >= 11 is 0. The number of hydrogen-bond acceptors (Lipinski definition) is 3. The SMILES string of the molecule is CN(c1ccc(C#N)cc1F)C1CCC(N)CC1. The van der Waals surface area contributed by atoms with Gasteiger partial charge in [0.15, 0.2) is 0 Å². The van der Waals surface area contributed by atoms with Gasteiger partial charge in [0.05, 0.1) is 17.3 Å². The second-order valence-corrected chi connectivity index (χ2v) is 4.96. The summed E-state index contributed by atoms with van der Waals surface area (Å²) in [6.45, 7) is 0. The summed E-state index contributed by atoms with van der Waals surface area (Å²) in [6.07, 6.45) is 3.98. The van der Waals surface area contributed by atoms with Crippen molar-refractivity contribution in [2.24, 2.45) is 5.73 Å². The first kappa shape index (κ1) is 12.8. The second kappa shape index (κ2) is 5.36. The fourth-order valence-electron chi connectivity index (χ4n) is 2.55. The van der Waals surface area contributed by atoms with Crippen LogP contribution in [0.4, 0.5) is 10.1 Å². The first-order chi connectivity index (χ1) is 8.61. The highest BCUT2D eigenvalue weighted by molar-refractivity contribution is 5.51. The van der Waals surface area contributed by atoms with Crippen LogP contribution in [-0.4, -0.2) is 19.1 Å². The number of rotatable bonds is 2. The molecule has 1 aliphatic carbocycles. The van der Waals surface area contributed by atoms with Gasteiger partial charge < -0.3 is 10.6 Å². The minimum atomic E-state index is -0.327. The van der Waals surface area contributed by atoms with Crippen molar-refractivity contribution in [2.45, 2.75) is 37.8 Å². The Balaban J connectivity index is 2.14. The zero-order valence-corrected chi connectivity index (χ0v) is 10.6. The normalized spacial score (nSPS) is 23.4. The van der Waals surface area contributed by atoms with Gasteiger partial charge in [-0.15, -0.1) is 0 Å². The molecule has 0 amide bonds. The smallest absolute Gasteiger partial charge is 0.147 e. The minimum absolute atomic E-state index is 0.292. The lowest BCUT2D eigenvalue weighted by Crippen LogP contribution is -2.39. The fourth-order valence-corrected chi connectivity index (χ4v) is 2.55. The lowest BCUT2D eigenvalue weighted by Gasteiger charge is -2.35. The Bertz CT molecular complexity index is 459. The highest BCUT2D eigenvalue weighted by Crippen LogP contribution is 2.27. The van der Waals surface area contributed by atoms with Gasteiger partial charge in [0.25, 0.3) is 0 Å². The molecule has 0 radical (unpaired) electrons. The fraction of sp³-hybridized carbons (Fsp3) is 0.500. The molecule has 0 heterocycles. The van der Waals surface area contributed by atoms with E-state index in [1.807, 2.05) is 18.0 Å². The molecular weight excluding hydrogens is 229 g/mol. The number of nitrogens with zero attached hydrogens (tertiary/aromatic N) is 2. The molecule has 4 heteroatoms. The molecule has 1 aromatic rings. The van der Waals surface area contributed by atoms with Crippen LogP contribution in [0.5, 0.6) is 0 Å². The molecule has 1 aliphatic rings. The van der Waals surface area contributed by atoms with Gasteiger partial charge in [-0.25, -0.2) is 4.39 Å². The van der Waals surface area contributed by atoms with E-state index in [2.05, 4.69) is 0 Å². The van der Waals surface area contributed by atoms with Crippen molar-refractivity contribution in [3.63, 3.8) is 0 Å². The molecule has 0 unspecified atom stereocenters. The van der Waals surface area contributed by atoms with Gasteiger partial charge >= 0.3 is 0 Å². The molecule has 2 N–H and O–H groups in total. The monoisotopic (exact) mass is 247 g/mol. The number of halogens is 1. The minimum Gasteiger partial charge on any atom is -0.369 e. The maximum atomic E-state index is 13.9. The first-order valence-corrected chi connectivity index (χ1v) is 6.30. The Morgan fingerprint density at radius 3 is 2.56 bits per heavy atom. The number of anilines is 1. The molecule has 0 aromatic heterocycles. The number of benzene rings is 1. The molecule has 2 rings (SSSR count). The van der Waals surface area contributed by atoms with Crippen molar-refractivity contribution in [2.75, 3.05) is 11.9 Å². The summed E-state index contributed by atoms with van der Waals surface area (Å²) < 4.78 is 13.9. The third-order valence-electron chi connectivity index (χ3n) is 3.75. The molecule has 96 valence electrons. The number of nitriles is 1. The van der Waals surface area contributed by atoms with Gasteiger partial charge in [-0.05, 0) is 43.9 Å². The summed E-state index contributed by atoms with van der Waals surface area (Å²) in [6, 6.07) is 7.21. The summed E-state index contributed by atoms with van der Waals surface area (Å²) in [5.41, 5.74) is 6.80. The van der Waals surface area contributed by atoms with Crippen molar-refractivity contribution >= 4 is 5.69 Å². The van der Waals surface area contributed by atoms with E-state index in [-0.39, 0.29) is 5.82 Å². The van der Waals surface area contributed by atoms with Crippen molar-refractivity contribution in [3.05, 3.63) is 29.6 Å². The summed E-state index contributed by atoms with van der Waals surface area (Å²) in [5, 5.41) is 8.73. The van der Waals surface area contributed by atoms with Crippen LogP contribution in [0.25, 0.3) is 0 Å². The van der Waals surface area contributed by atoms with Crippen LogP contribution in [0.1, 0.15) is 31.2 Å². The predicted molar refractivity (Wildman–Crippen MR) is 69.7 cm³/mol. The van der Waals surface area contributed by atoms with Gasteiger partial charge in [-0.3, -0.25) is 0 Å². The lowest BCUT2D eigenvalue weighted by atomic mass is 9.90. The van der Waals surface area contributed by atoms with Gasteiger partial charge in [-0.1, -0.05) is 0 Å². The molecule has 1 saturated carbocycles. The van der Waals surface area contributed by atoms with Crippen LogP contribution in [0, 0.1) is 17.1 Å². The van der Waals surface area contributed by atoms with E-state index in [1.54, 1.807) is 12.1 Å². The predicted octanol–water partition coefficient (Wildman–Crippen LogP) is 2.40. The molecule has 1 aromatic carbocycles. The third-order valence-corrected chi connectivity index (χ3v) is 3.75. The highest BCUT2D eigenvalue weighted by Gasteiger charge is 2.23. The molecule has 0 atom stereocenters. The Kier molecular flexibility index (Phi) is 3.83. The van der Waals surface area contributed by atoms with E-state index in [1.165, 1.54) is 6.07 Å². The zero-order valence-electron chi connectivity index (χ0n) is 10.6. The van der Waals surface area contributed by atoms with E-state index in [0.29, 0.717) is 23.3 Å². The van der Waals surface area contributed by atoms with Crippen molar-refractivity contribution < 1.29 is 4.39 Å². The molecule has 0 spiro atoms. The van der Waals surface area contributed by atoms with Crippen molar-refractivity contribution in [1.82, 2.24) is 0 Å². The van der Waals surface area contributed by atoms with E-state index >= 15 is 0 Å². The molecule has 0 saturated heterocycles. The van der Waals surface area contributed by atoms with Crippen LogP contribution >= 0.6 is 0 Å². The van der Waals surface area contributed by atoms with Gasteiger partial charge in [0.2, 0.25) is 0 Å². The quantitative estimate of drug-likeness (QED) is 0.873. The van der Waals surface area contributed by atoms with E-state index < -0.39 is 0 Å². The lowest BCUT2D eigenvalue weighted by molar-refractivity contribution is 0.383. The first-order valence-electron chi connectivity index (χ1n) is 6.30. The average molecular weight is 247 g/mol. The molecule has 18 heavy (non-hydrogen) atoms. The number of hydrogen-bond donors (Lipinski definition) is 1. The standard InChI is InChI=1S/C14H18FN3/c1-18(12-5-3-11(17)4-6-12)14-7-2-10(9-16)8-13(14)15/h2,7-8,11-12H,3-6,17H2,1H3. The Morgan fingerprint density at radius 1 is 1.33 bits per heavy atom. The van der Waals surface area contributed by atoms with E-state index in [9.17, 15) is 4.39 Å². The molecule has 1 fully saturated rings. The Labute approximate surface area is 107 Å². The number of nitrogens with two attached hydrogens (primary N) is 1. The summed E-state index contributed by atoms with van der Waals surface area (Å²) in [7, 11) is 1.91. The highest BCUT2D eigenvalue weighted by atomic mass is 19.1. The van der Waals surface area contributed by atoms with E-state index in [4.69, 9.17) is 11.0 Å².